The van der Waals surface area contributed by atoms with Crippen LogP contribution in [-0.4, -0.2) is 9.13 Å². The summed E-state index contributed by atoms with van der Waals surface area (Å²) in [4.78, 5) is 0. The molecular weight excluding hydrogens is 548 g/mol. The first kappa shape index (κ1) is 24.4. The Morgan fingerprint density at radius 1 is 0.356 bits per heavy atom. The van der Waals surface area contributed by atoms with Gasteiger partial charge in [-0.15, -0.1) is 0 Å². The normalized spacial score (nSPS) is 12.0. The number of para-hydroxylation sites is 3. The Labute approximate surface area is 258 Å². The summed E-state index contributed by atoms with van der Waals surface area (Å²) >= 11 is 0. The molecule has 0 N–H and O–H groups in total. The lowest BCUT2D eigenvalue weighted by Gasteiger charge is -2.11. The van der Waals surface area contributed by atoms with Crippen molar-refractivity contribution in [3.8, 4) is 22.5 Å². The minimum Gasteiger partial charge on any atom is -0.456 e. The number of furan rings is 1. The Morgan fingerprint density at radius 3 is 1.62 bits per heavy atom. The van der Waals surface area contributed by atoms with Gasteiger partial charge in [-0.25, -0.2) is 0 Å². The highest BCUT2D eigenvalue weighted by Crippen LogP contribution is 2.45. The summed E-state index contributed by atoms with van der Waals surface area (Å²) in [6.07, 6.45) is 0. The van der Waals surface area contributed by atoms with Crippen LogP contribution in [0.25, 0.3) is 88.1 Å². The second kappa shape index (κ2) is 9.22. The van der Waals surface area contributed by atoms with Crippen LogP contribution >= 0.6 is 0 Å². The van der Waals surface area contributed by atoms with E-state index in [-0.39, 0.29) is 0 Å². The van der Waals surface area contributed by atoms with Crippen molar-refractivity contribution in [2.45, 2.75) is 0 Å². The van der Waals surface area contributed by atoms with Crippen molar-refractivity contribution in [2.24, 2.45) is 0 Å². The minimum absolute atomic E-state index is 0.888. The van der Waals surface area contributed by atoms with Gasteiger partial charge in [-0.1, -0.05) is 103 Å². The predicted molar refractivity (Wildman–Crippen MR) is 188 cm³/mol. The number of hydrogen-bond donors (Lipinski definition) is 0. The van der Waals surface area contributed by atoms with Crippen molar-refractivity contribution in [1.29, 1.82) is 0 Å². The summed E-state index contributed by atoms with van der Waals surface area (Å²) < 4.78 is 11.4. The molecule has 10 rings (SSSR count). The number of nitrogens with zero attached hydrogens (tertiary/aromatic N) is 2. The Bertz CT molecular complexity index is 2740. The summed E-state index contributed by atoms with van der Waals surface area (Å²) in [6.45, 7) is 0. The van der Waals surface area contributed by atoms with E-state index in [0.717, 1.165) is 33.3 Å². The second-order valence-corrected chi connectivity index (χ2v) is 11.7. The smallest absolute Gasteiger partial charge is 0.137 e. The van der Waals surface area contributed by atoms with Crippen molar-refractivity contribution < 1.29 is 4.42 Å². The summed E-state index contributed by atoms with van der Waals surface area (Å²) in [5.74, 6) is 0. The third-order valence-corrected chi connectivity index (χ3v) is 9.31. The molecule has 0 saturated heterocycles. The molecule has 0 aliphatic carbocycles. The molecular formula is C42H26N2O. The number of aromatic nitrogens is 2. The van der Waals surface area contributed by atoms with Crippen molar-refractivity contribution in [3.63, 3.8) is 0 Å². The molecule has 3 heterocycles. The third kappa shape index (κ3) is 3.35. The zero-order valence-electron chi connectivity index (χ0n) is 24.3. The molecule has 3 heteroatoms. The average Bonchev–Trinajstić information content (AvgIpc) is 3.76. The largest absolute Gasteiger partial charge is 0.456 e. The highest BCUT2D eigenvalue weighted by atomic mass is 16.3. The molecule has 0 atom stereocenters. The molecule has 0 fully saturated rings. The Balaban J connectivity index is 1.38. The molecule has 0 unspecified atom stereocenters. The van der Waals surface area contributed by atoms with Gasteiger partial charge in [0.05, 0.1) is 33.1 Å². The summed E-state index contributed by atoms with van der Waals surface area (Å²) in [6, 6.07) is 56.3. The van der Waals surface area contributed by atoms with Crippen LogP contribution in [0.2, 0.25) is 0 Å². The van der Waals surface area contributed by atoms with Crippen LogP contribution in [0.3, 0.4) is 0 Å². The second-order valence-electron chi connectivity index (χ2n) is 11.7. The monoisotopic (exact) mass is 574 g/mol. The van der Waals surface area contributed by atoms with Gasteiger partial charge < -0.3 is 13.6 Å². The Kier molecular flexibility index (Phi) is 5.00. The summed E-state index contributed by atoms with van der Waals surface area (Å²) in [7, 11) is 0. The molecule has 0 spiro atoms. The standard InChI is InChI=1S/C42H26N2O/c1-3-13-27(14-4-1)29-19-11-23-37-41(29)42-34(22-12-24-38(42)45-37)44-33-21-10-8-18-31(33)40-36(44)26-25-35-39(40)30-17-7-9-20-32(30)43(35)28-15-5-2-6-16-28/h1-26H. The van der Waals surface area contributed by atoms with E-state index in [0.29, 0.717) is 0 Å². The first-order valence-corrected chi connectivity index (χ1v) is 15.4. The van der Waals surface area contributed by atoms with Crippen molar-refractivity contribution in [3.05, 3.63) is 158 Å². The van der Waals surface area contributed by atoms with Gasteiger partial charge in [-0.05, 0) is 65.7 Å². The fourth-order valence-electron chi connectivity index (χ4n) is 7.53. The molecule has 10 aromatic rings. The van der Waals surface area contributed by atoms with E-state index in [1.165, 1.54) is 54.7 Å². The van der Waals surface area contributed by atoms with Gasteiger partial charge in [0.1, 0.15) is 11.2 Å². The van der Waals surface area contributed by atoms with Gasteiger partial charge >= 0.3 is 0 Å². The van der Waals surface area contributed by atoms with Crippen LogP contribution in [0.5, 0.6) is 0 Å². The Hall–Kier alpha value is -6.06. The van der Waals surface area contributed by atoms with Crippen LogP contribution < -0.4 is 0 Å². The number of rotatable bonds is 3. The van der Waals surface area contributed by atoms with Gasteiger partial charge in [-0.2, -0.15) is 0 Å². The number of hydrogen-bond acceptors (Lipinski definition) is 1. The highest BCUT2D eigenvalue weighted by molar-refractivity contribution is 6.29. The van der Waals surface area contributed by atoms with Gasteiger partial charge in [0, 0.05) is 32.6 Å². The molecule has 210 valence electrons. The van der Waals surface area contributed by atoms with Crippen LogP contribution in [0.4, 0.5) is 0 Å². The molecule has 0 aliphatic heterocycles. The lowest BCUT2D eigenvalue weighted by Crippen LogP contribution is -1.95. The quantitative estimate of drug-likeness (QED) is 0.206. The fraction of sp³-hybridized carbons (Fsp3) is 0. The average molecular weight is 575 g/mol. The zero-order chi connectivity index (χ0) is 29.5. The van der Waals surface area contributed by atoms with Gasteiger partial charge in [0.2, 0.25) is 0 Å². The highest BCUT2D eigenvalue weighted by Gasteiger charge is 2.23. The lowest BCUT2D eigenvalue weighted by atomic mass is 9.99. The molecule has 3 nitrogen and oxygen atoms in total. The van der Waals surface area contributed by atoms with Gasteiger partial charge in [0.15, 0.2) is 0 Å². The van der Waals surface area contributed by atoms with Gasteiger partial charge in [-0.3, -0.25) is 0 Å². The van der Waals surface area contributed by atoms with E-state index in [9.17, 15) is 0 Å². The molecule has 45 heavy (non-hydrogen) atoms. The maximum absolute atomic E-state index is 6.54. The van der Waals surface area contributed by atoms with Crippen LogP contribution in [-0.2, 0) is 0 Å². The molecule has 0 radical (unpaired) electrons. The van der Waals surface area contributed by atoms with Crippen molar-refractivity contribution in [1.82, 2.24) is 9.13 Å². The van der Waals surface area contributed by atoms with E-state index in [2.05, 4.69) is 167 Å². The van der Waals surface area contributed by atoms with E-state index in [1.807, 2.05) is 0 Å². The van der Waals surface area contributed by atoms with Crippen molar-refractivity contribution in [2.75, 3.05) is 0 Å². The topological polar surface area (TPSA) is 23.0 Å². The summed E-state index contributed by atoms with van der Waals surface area (Å²) in [5.41, 5.74) is 11.2. The number of fused-ring (bicyclic) bond motifs is 10. The summed E-state index contributed by atoms with van der Waals surface area (Å²) in [5, 5.41) is 7.30. The van der Waals surface area contributed by atoms with Crippen LogP contribution in [0, 0.1) is 0 Å². The molecule has 0 saturated carbocycles. The lowest BCUT2D eigenvalue weighted by molar-refractivity contribution is 0.669. The first-order chi connectivity index (χ1) is 22.4. The minimum atomic E-state index is 0.888. The van der Waals surface area contributed by atoms with E-state index in [4.69, 9.17) is 4.42 Å². The maximum Gasteiger partial charge on any atom is 0.137 e. The number of benzene rings is 7. The maximum atomic E-state index is 6.54. The zero-order valence-corrected chi connectivity index (χ0v) is 24.3. The molecule has 0 amide bonds. The molecule has 3 aromatic heterocycles. The molecule has 7 aromatic carbocycles. The molecule has 0 bridgehead atoms. The van der Waals surface area contributed by atoms with E-state index in [1.54, 1.807) is 0 Å². The fourth-order valence-corrected chi connectivity index (χ4v) is 7.53. The van der Waals surface area contributed by atoms with Crippen LogP contribution in [0.15, 0.2) is 162 Å². The van der Waals surface area contributed by atoms with E-state index >= 15 is 0 Å². The Morgan fingerprint density at radius 2 is 0.911 bits per heavy atom. The van der Waals surface area contributed by atoms with Gasteiger partial charge in [0.25, 0.3) is 0 Å². The van der Waals surface area contributed by atoms with E-state index < -0.39 is 0 Å². The predicted octanol–water partition coefficient (Wildman–Crippen LogP) is 11.4. The van der Waals surface area contributed by atoms with Crippen molar-refractivity contribution >= 4 is 65.6 Å². The third-order valence-electron chi connectivity index (χ3n) is 9.31. The SMILES string of the molecule is c1ccc(-c2cccc3oc4cccc(-n5c6ccccc6c6c7c8ccccc8n(-c8ccccc8)c7ccc65)c4c23)cc1. The molecule has 0 aliphatic rings. The first-order valence-electron chi connectivity index (χ1n) is 15.4. The van der Waals surface area contributed by atoms with Crippen LogP contribution in [0.1, 0.15) is 0 Å².